The molecule has 0 fully saturated rings. The van der Waals surface area contributed by atoms with Crippen molar-refractivity contribution in [1.29, 1.82) is 0 Å². The number of aromatic nitrogens is 2. The number of sulfonamides is 1. The lowest BCUT2D eigenvalue weighted by Gasteiger charge is -2.24. The highest BCUT2D eigenvalue weighted by Crippen LogP contribution is 2.26. The fourth-order valence-corrected chi connectivity index (χ4v) is 3.36. The van der Waals surface area contributed by atoms with Gasteiger partial charge in [0.25, 0.3) is 0 Å². The minimum Gasteiger partial charge on any atom is -0.381 e. The summed E-state index contributed by atoms with van der Waals surface area (Å²) < 4.78 is 63.7. The summed E-state index contributed by atoms with van der Waals surface area (Å²) in [5.74, 6) is -0.576. The molecule has 0 spiro atoms. The van der Waals surface area contributed by atoms with Gasteiger partial charge in [-0.05, 0) is 5.92 Å². The highest BCUT2D eigenvalue weighted by Gasteiger charge is 2.38. The van der Waals surface area contributed by atoms with Gasteiger partial charge in [-0.15, -0.1) is 0 Å². The van der Waals surface area contributed by atoms with Gasteiger partial charge in [-0.3, -0.25) is 4.68 Å². The molecule has 0 saturated carbocycles. The van der Waals surface area contributed by atoms with Crippen molar-refractivity contribution in [3.8, 4) is 0 Å². The number of anilines is 1. The summed E-state index contributed by atoms with van der Waals surface area (Å²) in [7, 11) is -2.90. The van der Waals surface area contributed by atoms with Gasteiger partial charge in [0.15, 0.2) is 5.82 Å². The number of hydrogen-bond acceptors (Lipinski definition) is 4. The van der Waals surface area contributed by atoms with E-state index in [9.17, 15) is 21.6 Å². The van der Waals surface area contributed by atoms with Gasteiger partial charge in [-0.25, -0.2) is 8.42 Å². The SMILES string of the molecule is CC(C)CN(CC(F)(F)F)S(=O)(=O)c1cn(C)nc1N. The van der Waals surface area contributed by atoms with E-state index in [-0.39, 0.29) is 18.3 Å². The summed E-state index contributed by atoms with van der Waals surface area (Å²) in [5, 5.41) is 3.64. The van der Waals surface area contributed by atoms with Crippen molar-refractivity contribution < 1.29 is 21.6 Å². The van der Waals surface area contributed by atoms with Crippen molar-refractivity contribution in [2.24, 2.45) is 13.0 Å². The van der Waals surface area contributed by atoms with Crippen LogP contribution in [-0.4, -0.2) is 41.8 Å². The molecule has 6 nitrogen and oxygen atoms in total. The summed E-state index contributed by atoms with van der Waals surface area (Å²) in [6, 6.07) is 0. The molecule has 2 N–H and O–H groups in total. The zero-order valence-corrected chi connectivity index (χ0v) is 12.2. The summed E-state index contributed by atoms with van der Waals surface area (Å²) in [6.45, 7) is 1.45. The molecule has 0 bridgehead atoms. The van der Waals surface area contributed by atoms with Crippen LogP contribution < -0.4 is 5.73 Å². The zero-order chi connectivity index (χ0) is 15.7. The molecule has 0 aliphatic heterocycles. The van der Waals surface area contributed by atoms with Gasteiger partial charge in [0.05, 0.1) is 0 Å². The smallest absolute Gasteiger partial charge is 0.381 e. The number of hydrogen-bond donors (Lipinski definition) is 1. The van der Waals surface area contributed by atoms with Gasteiger partial charge in [0.2, 0.25) is 10.0 Å². The average molecular weight is 314 g/mol. The Morgan fingerprint density at radius 3 is 2.35 bits per heavy atom. The van der Waals surface area contributed by atoms with E-state index in [0.29, 0.717) is 4.31 Å². The van der Waals surface area contributed by atoms with Crippen LogP contribution in [0.25, 0.3) is 0 Å². The van der Waals surface area contributed by atoms with Crippen LogP contribution >= 0.6 is 0 Å². The largest absolute Gasteiger partial charge is 0.402 e. The van der Waals surface area contributed by atoms with Crippen LogP contribution in [0.15, 0.2) is 11.1 Å². The molecule has 0 atom stereocenters. The molecule has 10 heteroatoms. The maximum atomic E-state index is 12.5. The van der Waals surface area contributed by atoms with Gasteiger partial charge >= 0.3 is 6.18 Å². The third-order valence-electron chi connectivity index (χ3n) is 2.36. The molecular weight excluding hydrogens is 297 g/mol. The first-order chi connectivity index (χ1) is 8.93. The van der Waals surface area contributed by atoms with Gasteiger partial charge in [-0.2, -0.15) is 22.6 Å². The van der Waals surface area contributed by atoms with Crippen LogP contribution in [0.1, 0.15) is 13.8 Å². The van der Waals surface area contributed by atoms with E-state index in [1.165, 1.54) is 7.05 Å². The standard InChI is InChI=1S/C10H17F3N4O2S/c1-7(2)4-17(6-10(11,12)13)20(18,19)8-5-16(3)15-9(8)14/h5,7H,4,6H2,1-3H3,(H2,14,15). The zero-order valence-electron chi connectivity index (χ0n) is 11.3. The van der Waals surface area contributed by atoms with Gasteiger partial charge < -0.3 is 5.73 Å². The van der Waals surface area contributed by atoms with E-state index in [1.54, 1.807) is 13.8 Å². The molecule has 0 aliphatic rings. The number of nitrogen functional groups attached to an aromatic ring is 1. The summed E-state index contributed by atoms with van der Waals surface area (Å²) in [5.41, 5.74) is 5.44. The Hall–Kier alpha value is -1.29. The number of nitrogens with zero attached hydrogens (tertiary/aromatic N) is 3. The molecule has 1 aromatic rings. The van der Waals surface area contributed by atoms with E-state index in [2.05, 4.69) is 5.10 Å². The second-order valence-corrected chi connectivity index (χ2v) is 6.77. The fourth-order valence-electron chi connectivity index (χ4n) is 1.68. The van der Waals surface area contributed by atoms with Gasteiger partial charge in [0.1, 0.15) is 11.4 Å². The quantitative estimate of drug-likeness (QED) is 0.886. The third-order valence-corrected chi connectivity index (χ3v) is 4.19. The first-order valence-corrected chi connectivity index (χ1v) is 7.23. The fraction of sp³-hybridized carbons (Fsp3) is 0.700. The molecule has 1 rings (SSSR count). The number of alkyl halides is 3. The Labute approximate surface area is 115 Å². The number of nitrogens with two attached hydrogens (primary N) is 1. The first kappa shape index (κ1) is 16.8. The van der Waals surface area contributed by atoms with E-state index in [1.807, 2.05) is 0 Å². The minimum atomic E-state index is -4.63. The predicted octanol–water partition coefficient (Wildman–Crippen LogP) is 1.21. The number of aryl methyl sites for hydroxylation is 1. The lowest BCUT2D eigenvalue weighted by molar-refractivity contribution is -0.136. The predicted molar refractivity (Wildman–Crippen MR) is 67.3 cm³/mol. The summed E-state index contributed by atoms with van der Waals surface area (Å²) in [6.07, 6.45) is -3.53. The Kier molecular flexibility index (Phi) is 4.70. The van der Waals surface area contributed by atoms with Crippen LogP contribution in [0, 0.1) is 5.92 Å². The number of halogens is 3. The maximum absolute atomic E-state index is 12.5. The minimum absolute atomic E-state index is 0.254. The topological polar surface area (TPSA) is 81.2 Å². The average Bonchev–Trinajstić information content (AvgIpc) is 2.54. The second-order valence-electron chi connectivity index (χ2n) is 4.86. The Morgan fingerprint density at radius 1 is 1.45 bits per heavy atom. The summed E-state index contributed by atoms with van der Waals surface area (Å²) in [4.78, 5) is -0.412. The second kappa shape index (κ2) is 5.60. The Morgan fingerprint density at radius 2 is 2.00 bits per heavy atom. The Bertz CT molecular complexity index is 566. The van der Waals surface area contributed by atoms with E-state index in [0.717, 1.165) is 10.9 Å². The van der Waals surface area contributed by atoms with Crippen LogP contribution in [0.2, 0.25) is 0 Å². The van der Waals surface area contributed by atoms with Crippen molar-refractivity contribution >= 4 is 15.8 Å². The molecule has 0 amide bonds. The monoisotopic (exact) mass is 314 g/mol. The van der Waals surface area contributed by atoms with Crippen LogP contribution in [0.5, 0.6) is 0 Å². The summed E-state index contributed by atoms with van der Waals surface area (Å²) >= 11 is 0. The molecule has 0 saturated heterocycles. The molecule has 20 heavy (non-hydrogen) atoms. The van der Waals surface area contributed by atoms with E-state index in [4.69, 9.17) is 5.73 Å². The molecule has 0 aromatic carbocycles. The van der Waals surface area contributed by atoms with Gasteiger partial charge in [0, 0.05) is 19.8 Å². The third kappa shape index (κ3) is 4.10. The van der Waals surface area contributed by atoms with Crippen molar-refractivity contribution in [1.82, 2.24) is 14.1 Å². The molecular formula is C10H17F3N4O2S. The van der Waals surface area contributed by atoms with Crippen molar-refractivity contribution in [2.75, 3.05) is 18.8 Å². The first-order valence-electron chi connectivity index (χ1n) is 5.79. The van der Waals surface area contributed by atoms with Crippen molar-refractivity contribution in [2.45, 2.75) is 24.9 Å². The van der Waals surface area contributed by atoms with E-state index < -0.39 is 27.6 Å². The molecule has 0 radical (unpaired) electrons. The lowest BCUT2D eigenvalue weighted by Crippen LogP contribution is -2.41. The van der Waals surface area contributed by atoms with Gasteiger partial charge in [-0.1, -0.05) is 13.8 Å². The van der Waals surface area contributed by atoms with Crippen molar-refractivity contribution in [3.05, 3.63) is 6.20 Å². The highest BCUT2D eigenvalue weighted by atomic mass is 32.2. The lowest BCUT2D eigenvalue weighted by atomic mass is 10.2. The van der Waals surface area contributed by atoms with Crippen LogP contribution in [0.4, 0.5) is 19.0 Å². The molecule has 116 valence electrons. The van der Waals surface area contributed by atoms with Crippen molar-refractivity contribution in [3.63, 3.8) is 0 Å². The number of rotatable bonds is 5. The normalized spacial score (nSPS) is 13.4. The molecule has 0 aliphatic carbocycles. The molecule has 1 aromatic heterocycles. The van der Waals surface area contributed by atoms with Crippen LogP contribution in [0.3, 0.4) is 0 Å². The maximum Gasteiger partial charge on any atom is 0.402 e. The molecule has 1 heterocycles. The highest BCUT2D eigenvalue weighted by molar-refractivity contribution is 7.89. The van der Waals surface area contributed by atoms with Crippen LogP contribution in [-0.2, 0) is 17.1 Å². The Balaban J connectivity index is 3.20. The van der Waals surface area contributed by atoms with E-state index >= 15 is 0 Å². The molecule has 0 unspecified atom stereocenters.